The third-order valence-corrected chi connectivity index (χ3v) is 4.77. The van der Waals surface area contributed by atoms with Crippen molar-refractivity contribution in [3.63, 3.8) is 0 Å². The zero-order chi connectivity index (χ0) is 17.5. The van der Waals surface area contributed by atoms with Crippen LogP contribution < -0.4 is 5.69 Å². The van der Waals surface area contributed by atoms with Crippen molar-refractivity contribution in [3.8, 4) is 16.9 Å². The molecule has 3 nitrogen and oxygen atoms in total. The lowest BCUT2D eigenvalue weighted by Crippen LogP contribution is -2.19. The van der Waals surface area contributed by atoms with Gasteiger partial charge in [-0.05, 0) is 23.6 Å². The molecule has 3 heteroatoms. The lowest BCUT2D eigenvalue weighted by molar-refractivity contribution is 0.947. The van der Waals surface area contributed by atoms with Gasteiger partial charge >= 0.3 is 5.69 Å². The van der Waals surface area contributed by atoms with Crippen molar-refractivity contribution < 1.29 is 0 Å². The van der Waals surface area contributed by atoms with Gasteiger partial charge in [0.15, 0.2) is 0 Å². The van der Waals surface area contributed by atoms with Gasteiger partial charge in [0.25, 0.3) is 0 Å². The fraction of sp³-hybridized carbons (Fsp3) is 0. The average molecular weight is 336 g/mol. The van der Waals surface area contributed by atoms with Crippen molar-refractivity contribution in [3.05, 3.63) is 108 Å². The second kappa shape index (κ2) is 5.74. The van der Waals surface area contributed by atoms with E-state index in [2.05, 4.69) is 24.3 Å². The molecule has 3 aromatic carbocycles. The summed E-state index contributed by atoms with van der Waals surface area (Å²) >= 11 is 0. The molecule has 0 spiro atoms. The van der Waals surface area contributed by atoms with Crippen LogP contribution in [-0.4, -0.2) is 8.97 Å². The monoisotopic (exact) mass is 336 g/mol. The zero-order valence-electron chi connectivity index (χ0n) is 14.0. The summed E-state index contributed by atoms with van der Waals surface area (Å²) in [5.74, 6) is 0. The molecule has 0 fully saturated rings. The van der Waals surface area contributed by atoms with Crippen LogP contribution in [0.3, 0.4) is 0 Å². The Balaban J connectivity index is 2.04. The number of hydrogen-bond donors (Lipinski definition) is 0. The van der Waals surface area contributed by atoms with E-state index in [-0.39, 0.29) is 5.69 Å². The van der Waals surface area contributed by atoms with Crippen LogP contribution in [0.1, 0.15) is 0 Å². The van der Waals surface area contributed by atoms with Crippen LogP contribution in [0.15, 0.2) is 102 Å². The maximum atomic E-state index is 13.3. The summed E-state index contributed by atoms with van der Waals surface area (Å²) in [4.78, 5) is 13.3. The van der Waals surface area contributed by atoms with Gasteiger partial charge in [-0.25, -0.2) is 4.79 Å². The highest BCUT2D eigenvalue weighted by Crippen LogP contribution is 2.31. The van der Waals surface area contributed by atoms with Crippen molar-refractivity contribution in [2.75, 3.05) is 0 Å². The quantitative estimate of drug-likeness (QED) is 0.450. The first-order chi connectivity index (χ1) is 12.8. The minimum absolute atomic E-state index is 0.0594. The van der Waals surface area contributed by atoms with E-state index in [9.17, 15) is 4.79 Å². The van der Waals surface area contributed by atoms with Gasteiger partial charge in [-0.2, -0.15) is 0 Å². The zero-order valence-corrected chi connectivity index (χ0v) is 14.0. The summed E-state index contributed by atoms with van der Waals surface area (Å²) in [7, 11) is 0. The highest BCUT2D eigenvalue weighted by Gasteiger charge is 2.19. The average Bonchev–Trinajstić information content (AvgIpc) is 3.02. The summed E-state index contributed by atoms with van der Waals surface area (Å²) in [5.41, 5.74) is 3.67. The Hall–Kier alpha value is -3.59. The number of pyridine rings is 1. The molecule has 0 unspecified atom stereocenters. The summed E-state index contributed by atoms with van der Waals surface area (Å²) in [6.45, 7) is 0. The van der Waals surface area contributed by atoms with E-state index < -0.39 is 0 Å². The van der Waals surface area contributed by atoms with Gasteiger partial charge in [0.1, 0.15) is 0 Å². The van der Waals surface area contributed by atoms with Crippen LogP contribution in [0.25, 0.3) is 33.2 Å². The Morgan fingerprint density at radius 1 is 0.654 bits per heavy atom. The van der Waals surface area contributed by atoms with E-state index in [0.29, 0.717) is 0 Å². The first-order valence-corrected chi connectivity index (χ1v) is 8.60. The topological polar surface area (TPSA) is 26.4 Å². The second-order valence-corrected chi connectivity index (χ2v) is 6.29. The fourth-order valence-electron chi connectivity index (χ4n) is 3.61. The molecule has 0 atom stereocenters. The molecule has 0 aliphatic carbocycles. The van der Waals surface area contributed by atoms with Gasteiger partial charge in [0.05, 0.1) is 16.9 Å². The smallest absolute Gasteiger partial charge is 0.266 e. The highest BCUT2D eigenvalue weighted by molar-refractivity contribution is 6.02. The van der Waals surface area contributed by atoms with Gasteiger partial charge in [-0.1, -0.05) is 72.8 Å². The van der Waals surface area contributed by atoms with Crippen LogP contribution in [0.2, 0.25) is 0 Å². The van der Waals surface area contributed by atoms with Crippen molar-refractivity contribution >= 4 is 16.3 Å². The van der Waals surface area contributed by atoms with E-state index in [4.69, 9.17) is 0 Å². The fourth-order valence-corrected chi connectivity index (χ4v) is 3.61. The predicted octanol–water partition coefficient (Wildman–Crippen LogP) is 4.91. The molecule has 2 aromatic heterocycles. The standard InChI is InChI=1S/C23H16N2O/c26-23-24-16-15-17-9-7-8-14-20(17)22(24)21(18-10-3-1-4-11-18)25(23)19-12-5-2-6-13-19/h1-16H. The summed E-state index contributed by atoms with van der Waals surface area (Å²) in [6.07, 6.45) is 1.87. The number of rotatable bonds is 2. The molecule has 26 heavy (non-hydrogen) atoms. The molecule has 0 bridgehead atoms. The first-order valence-electron chi connectivity index (χ1n) is 8.60. The summed E-state index contributed by atoms with van der Waals surface area (Å²) in [6, 6.07) is 30.1. The van der Waals surface area contributed by atoms with Gasteiger partial charge in [0.2, 0.25) is 0 Å². The molecule has 0 amide bonds. The molecule has 124 valence electrons. The molecular formula is C23H16N2O. The number of nitrogens with zero attached hydrogens (tertiary/aromatic N) is 2. The maximum Gasteiger partial charge on any atom is 0.337 e. The lowest BCUT2D eigenvalue weighted by Gasteiger charge is -2.09. The maximum absolute atomic E-state index is 13.3. The van der Waals surface area contributed by atoms with Gasteiger partial charge in [0, 0.05) is 17.1 Å². The molecule has 5 rings (SSSR count). The van der Waals surface area contributed by atoms with E-state index in [1.54, 1.807) is 8.97 Å². The Morgan fingerprint density at radius 3 is 2.08 bits per heavy atom. The molecule has 5 aromatic rings. The van der Waals surface area contributed by atoms with E-state index in [0.717, 1.165) is 33.2 Å². The molecule has 0 aliphatic rings. The molecule has 0 saturated heterocycles. The van der Waals surface area contributed by atoms with Crippen molar-refractivity contribution in [2.45, 2.75) is 0 Å². The number of aromatic nitrogens is 2. The van der Waals surface area contributed by atoms with Gasteiger partial charge < -0.3 is 0 Å². The number of benzene rings is 3. The van der Waals surface area contributed by atoms with Crippen LogP contribution in [0.5, 0.6) is 0 Å². The van der Waals surface area contributed by atoms with Crippen LogP contribution in [0, 0.1) is 0 Å². The van der Waals surface area contributed by atoms with Crippen molar-refractivity contribution in [1.82, 2.24) is 8.97 Å². The molecular weight excluding hydrogens is 320 g/mol. The molecule has 2 heterocycles. The third kappa shape index (κ3) is 2.11. The Kier molecular flexibility index (Phi) is 3.25. The number of fused-ring (bicyclic) bond motifs is 3. The lowest BCUT2D eigenvalue weighted by atomic mass is 10.1. The van der Waals surface area contributed by atoms with Gasteiger partial charge in [-0.3, -0.25) is 8.97 Å². The minimum atomic E-state index is -0.0594. The third-order valence-electron chi connectivity index (χ3n) is 4.77. The van der Waals surface area contributed by atoms with E-state index in [1.165, 1.54) is 0 Å². The Morgan fingerprint density at radius 2 is 1.31 bits per heavy atom. The van der Waals surface area contributed by atoms with Crippen molar-refractivity contribution in [1.29, 1.82) is 0 Å². The minimum Gasteiger partial charge on any atom is -0.266 e. The molecule has 0 radical (unpaired) electrons. The van der Waals surface area contributed by atoms with E-state index in [1.807, 2.05) is 72.9 Å². The van der Waals surface area contributed by atoms with Gasteiger partial charge in [-0.15, -0.1) is 0 Å². The Labute approximate surface area is 150 Å². The number of para-hydroxylation sites is 1. The first kappa shape index (κ1) is 14.7. The normalized spacial score (nSPS) is 11.2. The Bertz CT molecular complexity index is 1280. The molecule has 0 aliphatic heterocycles. The van der Waals surface area contributed by atoms with E-state index >= 15 is 0 Å². The second-order valence-electron chi connectivity index (χ2n) is 6.29. The number of imidazole rings is 1. The molecule has 0 N–H and O–H groups in total. The predicted molar refractivity (Wildman–Crippen MR) is 106 cm³/mol. The van der Waals surface area contributed by atoms with Crippen molar-refractivity contribution in [2.24, 2.45) is 0 Å². The highest BCUT2D eigenvalue weighted by atomic mass is 16.1. The van der Waals surface area contributed by atoms with Crippen LogP contribution >= 0.6 is 0 Å². The SMILES string of the molecule is O=c1n(-c2ccccc2)c(-c2ccccc2)c2c3ccccc3ccn12. The summed E-state index contributed by atoms with van der Waals surface area (Å²) < 4.78 is 3.55. The largest absolute Gasteiger partial charge is 0.337 e. The van der Waals surface area contributed by atoms with Crippen LogP contribution in [-0.2, 0) is 0 Å². The van der Waals surface area contributed by atoms with Crippen LogP contribution in [0.4, 0.5) is 0 Å². The number of hydrogen-bond acceptors (Lipinski definition) is 1. The summed E-state index contributed by atoms with van der Waals surface area (Å²) in [5, 5.41) is 2.19. The molecule has 0 saturated carbocycles.